The van der Waals surface area contributed by atoms with Gasteiger partial charge < -0.3 is 23.8 Å². The molecule has 1 aliphatic rings. The summed E-state index contributed by atoms with van der Waals surface area (Å²) in [5.41, 5.74) is 2.26. The van der Waals surface area contributed by atoms with Crippen LogP contribution in [0, 0.1) is 5.82 Å². The molecular formula is C26H25ClFNO5. The lowest BCUT2D eigenvalue weighted by atomic mass is 9.91. The Kier molecular flexibility index (Phi) is 7.12. The van der Waals surface area contributed by atoms with Crippen molar-refractivity contribution < 1.29 is 28.1 Å². The second-order valence-corrected chi connectivity index (χ2v) is 8.19. The van der Waals surface area contributed by atoms with Crippen molar-refractivity contribution in [2.75, 3.05) is 34.5 Å². The van der Waals surface area contributed by atoms with Gasteiger partial charge in [0.25, 0.3) is 5.91 Å². The number of benzene rings is 3. The van der Waals surface area contributed by atoms with Crippen molar-refractivity contribution in [3.63, 3.8) is 0 Å². The molecule has 0 spiro atoms. The lowest BCUT2D eigenvalue weighted by Crippen LogP contribution is -2.42. The Morgan fingerprint density at radius 3 is 2.29 bits per heavy atom. The van der Waals surface area contributed by atoms with E-state index in [1.54, 1.807) is 26.2 Å². The average Bonchev–Trinajstić information content (AvgIpc) is 2.87. The minimum Gasteiger partial charge on any atom is -0.497 e. The number of nitrogens with zero attached hydrogens (tertiary/aromatic N) is 1. The third-order valence-corrected chi connectivity index (χ3v) is 6.19. The molecule has 0 N–H and O–H groups in total. The van der Waals surface area contributed by atoms with Crippen molar-refractivity contribution in [2.45, 2.75) is 12.5 Å². The molecular weight excluding hydrogens is 461 g/mol. The Bertz CT molecular complexity index is 1180. The molecule has 0 fully saturated rings. The van der Waals surface area contributed by atoms with Gasteiger partial charge in [0.1, 0.15) is 23.9 Å². The third-order valence-electron chi connectivity index (χ3n) is 5.90. The van der Waals surface area contributed by atoms with Crippen molar-refractivity contribution in [1.82, 2.24) is 4.90 Å². The predicted molar refractivity (Wildman–Crippen MR) is 127 cm³/mol. The first-order valence-electron chi connectivity index (χ1n) is 10.7. The molecule has 0 radical (unpaired) electrons. The highest BCUT2D eigenvalue weighted by Gasteiger charge is 2.33. The summed E-state index contributed by atoms with van der Waals surface area (Å²) in [4.78, 5) is 15.2. The summed E-state index contributed by atoms with van der Waals surface area (Å²) >= 11 is 5.94. The molecule has 8 heteroatoms. The zero-order chi connectivity index (χ0) is 24.2. The topological polar surface area (TPSA) is 57.2 Å². The van der Waals surface area contributed by atoms with E-state index in [0.29, 0.717) is 35.8 Å². The van der Waals surface area contributed by atoms with Gasteiger partial charge in [-0.25, -0.2) is 4.39 Å². The molecule has 1 heterocycles. The summed E-state index contributed by atoms with van der Waals surface area (Å²) in [6.07, 6.45) is 0.620. The molecule has 3 aromatic rings. The van der Waals surface area contributed by atoms with E-state index in [1.807, 2.05) is 36.4 Å². The molecule has 1 unspecified atom stereocenters. The fraction of sp³-hybridized carbons (Fsp3) is 0.269. The van der Waals surface area contributed by atoms with Gasteiger partial charge in [0.2, 0.25) is 0 Å². The molecule has 1 amide bonds. The van der Waals surface area contributed by atoms with Crippen LogP contribution >= 0.6 is 11.6 Å². The van der Waals surface area contributed by atoms with Gasteiger partial charge in [-0.05, 0) is 72.1 Å². The zero-order valence-corrected chi connectivity index (χ0v) is 19.9. The van der Waals surface area contributed by atoms with Gasteiger partial charge in [-0.15, -0.1) is 0 Å². The number of hydrogen-bond acceptors (Lipinski definition) is 5. The standard InChI is InChI=1S/C26H25ClFNO5/c1-31-18-5-7-19(8-6-18)34-15-23-20-14-25(33-3)24(32-2)13-16(20)10-11-29(23)26(30)17-4-9-22(28)21(27)12-17/h4-9,12-14,23H,10-11,15H2,1-3H3. The maximum Gasteiger partial charge on any atom is 0.254 e. The van der Waals surface area contributed by atoms with E-state index in [0.717, 1.165) is 16.9 Å². The largest absolute Gasteiger partial charge is 0.497 e. The van der Waals surface area contributed by atoms with Crippen LogP contribution in [-0.4, -0.2) is 45.3 Å². The van der Waals surface area contributed by atoms with E-state index in [4.69, 9.17) is 30.5 Å². The molecule has 1 atom stereocenters. The maximum atomic E-state index is 13.7. The van der Waals surface area contributed by atoms with Crippen LogP contribution < -0.4 is 18.9 Å². The number of rotatable bonds is 7. The highest BCUT2D eigenvalue weighted by molar-refractivity contribution is 6.31. The van der Waals surface area contributed by atoms with Crippen molar-refractivity contribution in [1.29, 1.82) is 0 Å². The molecule has 6 nitrogen and oxygen atoms in total. The van der Waals surface area contributed by atoms with Crippen molar-refractivity contribution >= 4 is 17.5 Å². The van der Waals surface area contributed by atoms with Crippen LogP contribution in [0.15, 0.2) is 54.6 Å². The average molecular weight is 486 g/mol. The Morgan fingerprint density at radius 2 is 1.65 bits per heavy atom. The van der Waals surface area contributed by atoms with Crippen molar-refractivity contribution in [2.24, 2.45) is 0 Å². The van der Waals surface area contributed by atoms with Crippen LogP contribution in [0.5, 0.6) is 23.0 Å². The first-order valence-corrected chi connectivity index (χ1v) is 11.1. The van der Waals surface area contributed by atoms with Gasteiger partial charge in [-0.3, -0.25) is 4.79 Å². The molecule has 1 aliphatic heterocycles. The van der Waals surface area contributed by atoms with E-state index in [-0.39, 0.29) is 17.5 Å². The van der Waals surface area contributed by atoms with E-state index in [2.05, 4.69) is 0 Å². The fourth-order valence-electron chi connectivity index (χ4n) is 4.09. The first-order chi connectivity index (χ1) is 16.4. The molecule has 178 valence electrons. The second kappa shape index (κ2) is 10.2. The van der Waals surface area contributed by atoms with Crippen LogP contribution in [0.2, 0.25) is 5.02 Å². The Hall–Kier alpha value is -3.45. The summed E-state index contributed by atoms with van der Waals surface area (Å²) in [5, 5.41) is -0.0966. The van der Waals surface area contributed by atoms with Crippen LogP contribution in [0.4, 0.5) is 4.39 Å². The highest BCUT2D eigenvalue weighted by atomic mass is 35.5. The lowest BCUT2D eigenvalue weighted by Gasteiger charge is -2.37. The summed E-state index contributed by atoms with van der Waals surface area (Å²) in [6, 6.07) is 14.6. The summed E-state index contributed by atoms with van der Waals surface area (Å²) in [5.74, 6) is 1.72. The third kappa shape index (κ3) is 4.75. The highest BCUT2D eigenvalue weighted by Crippen LogP contribution is 2.39. The van der Waals surface area contributed by atoms with Crippen LogP contribution in [0.1, 0.15) is 27.5 Å². The number of carbonyl (C=O) groups excluding carboxylic acids is 1. The monoisotopic (exact) mass is 485 g/mol. The number of hydrogen-bond donors (Lipinski definition) is 0. The van der Waals surface area contributed by atoms with Crippen LogP contribution in [0.25, 0.3) is 0 Å². The SMILES string of the molecule is COc1ccc(OCC2c3cc(OC)c(OC)cc3CCN2C(=O)c2ccc(F)c(Cl)c2)cc1. The minimum atomic E-state index is -0.571. The van der Waals surface area contributed by atoms with E-state index < -0.39 is 11.9 Å². The number of amides is 1. The molecule has 0 saturated carbocycles. The molecule has 34 heavy (non-hydrogen) atoms. The van der Waals surface area contributed by atoms with Gasteiger partial charge in [0.15, 0.2) is 11.5 Å². The minimum absolute atomic E-state index is 0.0966. The van der Waals surface area contributed by atoms with Crippen LogP contribution in [-0.2, 0) is 6.42 Å². The summed E-state index contributed by atoms with van der Waals surface area (Å²) < 4.78 is 35.9. The molecule has 0 aromatic heterocycles. The number of methoxy groups -OCH3 is 3. The molecule has 0 bridgehead atoms. The predicted octanol–water partition coefficient (Wildman–Crippen LogP) is 5.32. The van der Waals surface area contributed by atoms with Gasteiger partial charge in [-0.2, -0.15) is 0 Å². The number of ether oxygens (including phenoxy) is 4. The molecule has 0 saturated heterocycles. The summed E-state index contributed by atoms with van der Waals surface area (Å²) in [6.45, 7) is 0.655. The second-order valence-electron chi connectivity index (χ2n) is 7.79. The Labute approximate surface area is 202 Å². The van der Waals surface area contributed by atoms with E-state index in [9.17, 15) is 9.18 Å². The van der Waals surface area contributed by atoms with E-state index in [1.165, 1.54) is 18.2 Å². The molecule has 3 aromatic carbocycles. The normalized spacial score (nSPS) is 14.9. The Balaban J connectivity index is 1.69. The molecule has 0 aliphatic carbocycles. The van der Waals surface area contributed by atoms with Crippen molar-refractivity contribution in [3.8, 4) is 23.0 Å². The maximum absolute atomic E-state index is 13.7. The molecule has 4 rings (SSSR count). The Morgan fingerprint density at radius 1 is 0.971 bits per heavy atom. The van der Waals surface area contributed by atoms with Gasteiger partial charge in [-0.1, -0.05) is 11.6 Å². The number of fused-ring (bicyclic) bond motifs is 1. The number of halogens is 2. The van der Waals surface area contributed by atoms with Crippen LogP contribution in [0.3, 0.4) is 0 Å². The quantitative estimate of drug-likeness (QED) is 0.453. The number of carbonyl (C=O) groups is 1. The van der Waals surface area contributed by atoms with E-state index >= 15 is 0 Å². The first kappa shape index (κ1) is 23.7. The van der Waals surface area contributed by atoms with Gasteiger partial charge >= 0.3 is 0 Å². The summed E-state index contributed by atoms with van der Waals surface area (Å²) in [7, 11) is 4.76. The zero-order valence-electron chi connectivity index (χ0n) is 19.1. The van der Waals surface area contributed by atoms with Gasteiger partial charge in [0, 0.05) is 12.1 Å². The van der Waals surface area contributed by atoms with Gasteiger partial charge in [0.05, 0.1) is 32.4 Å². The smallest absolute Gasteiger partial charge is 0.254 e. The fourth-order valence-corrected chi connectivity index (χ4v) is 4.27. The lowest BCUT2D eigenvalue weighted by molar-refractivity contribution is 0.0589. The van der Waals surface area contributed by atoms with Crippen molar-refractivity contribution in [3.05, 3.63) is 82.1 Å².